The van der Waals surface area contributed by atoms with Gasteiger partial charge in [0.25, 0.3) is 0 Å². The molecule has 1 N–H and O–H groups in total. The number of carbonyl (C=O) groups is 2. The third kappa shape index (κ3) is 10.2. The number of amides is 2. The number of benzene rings is 3. The summed E-state index contributed by atoms with van der Waals surface area (Å²) < 4.78 is 32.1. The van der Waals surface area contributed by atoms with E-state index in [-0.39, 0.29) is 43.7 Å². The first-order valence-electron chi connectivity index (χ1n) is 14.1. The van der Waals surface area contributed by atoms with Crippen molar-refractivity contribution in [2.45, 2.75) is 45.7 Å². The van der Waals surface area contributed by atoms with Crippen LogP contribution in [0, 0.1) is 5.92 Å². The Morgan fingerprint density at radius 1 is 0.977 bits per heavy atom. The molecule has 0 saturated heterocycles. The van der Waals surface area contributed by atoms with Gasteiger partial charge in [0.05, 0.1) is 19.1 Å². The average molecular weight is 649 g/mol. The molecular weight excluding hydrogens is 609 g/mol. The van der Waals surface area contributed by atoms with Crippen molar-refractivity contribution in [1.82, 2.24) is 10.2 Å². The second-order valence-corrected chi connectivity index (χ2v) is 13.5. The van der Waals surface area contributed by atoms with E-state index in [0.717, 1.165) is 11.8 Å². The Morgan fingerprint density at radius 3 is 2.28 bits per heavy atom. The van der Waals surface area contributed by atoms with Crippen molar-refractivity contribution < 1.29 is 22.7 Å². The van der Waals surface area contributed by atoms with Gasteiger partial charge in [-0.2, -0.15) is 0 Å². The van der Waals surface area contributed by atoms with Crippen LogP contribution in [0.3, 0.4) is 0 Å². The van der Waals surface area contributed by atoms with Gasteiger partial charge in [-0.25, -0.2) is 8.42 Å². The van der Waals surface area contributed by atoms with E-state index in [2.05, 4.69) is 5.32 Å². The fourth-order valence-corrected chi connectivity index (χ4v) is 6.07. The summed E-state index contributed by atoms with van der Waals surface area (Å²) in [5, 5.41) is 3.83. The SMILES string of the molecule is COc1ccccc1N(CCCC(=O)N(Cc1ccc(Cl)cc1Cl)[C@H](Cc1ccccc1)C(=O)NCC(C)C)S(C)(=O)=O. The molecule has 0 bridgehead atoms. The van der Waals surface area contributed by atoms with Gasteiger partial charge < -0.3 is 15.0 Å². The van der Waals surface area contributed by atoms with Gasteiger partial charge >= 0.3 is 0 Å². The van der Waals surface area contributed by atoms with E-state index in [9.17, 15) is 18.0 Å². The molecule has 3 aromatic carbocycles. The monoisotopic (exact) mass is 647 g/mol. The Balaban J connectivity index is 1.92. The Bertz CT molecular complexity index is 1490. The molecule has 0 unspecified atom stereocenters. The van der Waals surface area contributed by atoms with Crippen LogP contribution in [0.25, 0.3) is 0 Å². The minimum Gasteiger partial charge on any atom is -0.495 e. The van der Waals surface area contributed by atoms with Crippen molar-refractivity contribution in [1.29, 1.82) is 0 Å². The summed E-state index contributed by atoms with van der Waals surface area (Å²) in [5.41, 5.74) is 1.92. The number of anilines is 1. The first kappa shape index (κ1) is 34.2. The van der Waals surface area contributed by atoms with Crippen LogP contribution in [0.1, 0.15) is 37.8 Å². The van der Waals surface area contributed by atoms with Crippen LogP contribution in [-0.4, -0.2) is 57.6 Å². The summed E-state index contributed by atoms with van der Waals surface area (Å²) in [4.78, 5) is 29.1. The molecule has 1 atom stereocenters. The lowest BCUT2D eigenvalue weighted by molar-refractivity contribution is -0.141. The lowest BCUT2D eigenvalue weighted by atomic mass is 10.0. The van der Waals surface area contributed by atoms with Gasteiger partial charge in [-0.05, 0) is 47.7 Å². The predicted octanol–water partition coefficient (Wildman–Crippen LogP) is 5.96. The smallest absolute Gasteiger partial charge is 0.243 e. The third-order valence-corrected chi connectivity index (χ3v) is 8.58. The molecule has 0 radical (unpaired) electrons. The van der Waals surface area contributed by atoms with Gasteiger partial charge in [0.15, 0.2) is 0 Å². The van der Waals surface area contributed by atoms with Gasteiger partial charge in [0.1, 0.15) is 11.8 Å². The Kier molecular flexibility index (Phi) is 12.7. The zero-order valence-corrected chi connectivity index (χ0v) is 27.3. The maximum absolute atomic E-state index is 14.0. The molecular formula is C32H39Cl2N3O5S. The number of nitrogens with zero attached hydrogens (tertiary/aromatic N) is 2. The number of para-hydroxylation sites is 2. The van der Waals surface area contributed by atoms with E-state index in [4.69, 9.17) is 27.9 Å². The second-order valence-electron chi connectivity index (χ2n) is 10.7. The van der Waals surface area contributed by atoms with Gasteiger partial charge in [0.2, 0.25) is 21.8 Å². The molecule has 0 heterocycles. The number of rotatable bonds is 15. The van der Waals surface area contributed by atoms with E-state index in [1.165, 1.54) is 16.3 Å². The van der Waals surface area contributed by atoms with Crippen molar-refractivity contribution >= 4 is 50.7 Å². The predicted molar refractivity (Wildman–Crippen MR) is 173 cm³/mol. The number of ether oxygens (including phenoxy) is 1. The lowest BCUT2D eigenvalue weighted by Gasteiger charge is -2.32. The Morgan fingerprint density at radius 2 is 1.65 bits per heavy atom. The molecule has 0 spiro atoms. The van der Waals surface area contributed by atoms with Crippen LogP contribution in [0.4, 0.5) is 5.69 Å². The van der Waals surface area contributed by atoms with Crippen LogP contribution in [0.2, 0.25) is 10.0 Å². The van der Waals surface area contributed by atoms with Crippen LogP contribution in [-0.2, 0) is 32.6 Å². The number of methoxy groups -OCH3 is 1. The van der Waals surface area contributed by atoms with Gasteiger partial charge in [-0.15, -0.1) is 0 Å². The summed E-state index contributed by atoms with van der Waals surface area (Å²) >= 11 is 12.6. The van der Waals surface area contributed by atoms with Crippen LogP contribution in [0.15, 0.2) is 72.8 Å². The van der Waals surface area contributed by atoms with Gasteiger partial charge in [-0.3, -0.25) is 13.9 Å². The van der Waals surface area contributed by atoms with Crippen molar-refractivity contribution in [3.05, 3.63) is 94.0 Å². The summed E-state index contributed by atoms with van der Waals surface area (Å²) in [7, 11) is -2.21. The minimum atomic E-state index is -3.68. The zero-order valence-electron chi connectivity index (χ0n) is 24.9. The molecule has 0 aliphatic heterocycles. The highest BCUT2D eigenvalue weighted by Crippen LogP contribution is 2.30. The van der Waals surface area contributed by atoms with E-state index in [1.54, 1.807) is 42.5 Å². The third-order valence-electron chi connectivity index (χ3n) is 6.82. The number of carbonyl (C=O) groups excluding carboxylic acids is 2. The molecule has 0 aliphatic rings. The molecule has 11 heteroatoms. The summed E-state index contributed by atoms with van der Waals surface area (Å²) in [6, 6.07) is 20.5. The maximum atomic E-state index is 14.0. The zero-order chi connectivity index (χ0) is 31.6. The first-order valence-corrected chi connectivity index (χ1v) is 16.7. The van der Waals surface area contributed by atoms with E-state index in [0.29, 0.717) is 40.0 Å². The Labute approximate surface area is 265 Å². The number of halogens is 2. The highest BCUT2D eigenvalue weighted by atomic mass is 35.5. The fourth-order valence-electron chi connectivity index (χ4n) is 4.63. The highest BCUT2D eigenvalue weighted by molar-refractivity contribution is 7.92. The molecule has 3 aromatic rings. The number of hydrogen-bond acceptors (Lipinski definition) is 5. The number of hydrogen-bond donors (Lipinski definition) is 1. The molecule has 0 fully saturated rings. The van der Waals surface area contributed by atoms with Gasteiger partial charge in [-0.1, -0.05) is 85.6 Å². The molecule has 0 aromatic heterocycles. The van der Waals surface area contributed by atoms with Crippen LogP contribution < -0.4 is 14.4 Å². The van der Waals surface area contributed by atoms with E-state index in [1.807, 2.05) is 44.2 Å². The van der Waals surface area contributed by atoms with E-state index >= 15 is 0 Å². The topological polar surface area (TPSA) is 96.0 Å². The summed E-state index contributed by atoms with van der Waals surface area (Å²) in [6.45, 7) is 4.57. The van der Waals surface area contributed by atoms with Crippen molar-refractivity contribution in [2.24, 2.45) is 5.92 Å². The normalized spacial score (nSPS) is 12.1. The molecule has 0 aliphatic carbocycles. The fraction of sp³-hybridized carbons (Fsp3) is 0.375. The summed E-state index contributed by atoms with van der Waals surface area (Å²) in [6.07, 6.45) is 1.61. The van der Waals surface area contributed by atoms with Crippen molar-refractivity contribution in [2.75, 3.05) is 30.8 Å². The molecule has 8 nitrogen and oxygen atoms in total. The minimum absolute atomic E-state index is 0.00483. The molecule has 232 valence electrons. The van der Waals surface area contributed by atoms with Crippen LogP contribution in [0.5, 0.6) is 5.75 Å². The molecule has 43 heavy (non-hydrogen) atoms. The van der Waals surface area contributed by atoms with Crippen molar-refractivity contribution in [3.63, 3.8) is 0 Å². The Hall–Kier alpha value is -3.27. The van der Waals surface area contributed by atoms with Gasteiger partial charge in [0, 0.05) is 42.5 Å². The molecule has 3 rings (SSSR count). The quantitative estimate of drug-likeness (QED) is 0.220. The second kappa shape index (κ2) is 16.0. The number of sulfonamides is 1. The number of nitrogens with one attached hydrogen (secondary N) is 1. The van der Waals surface area contributed by atoms with Crippen LogP contribution >= 0.6 is 23.2 Å². The molecule has 0 saturated carbocycles. The highest BCUT2D eigenvalue weighted by Gasteiger charge is 2.31. The standard InChI is InChI=1S/C32H39Cl2N3O5S/c1-23(2)21-35-32(39)29(19-24-11-6-5-7-12-24)36(22-25-16-17-26(33)20-27(25)34)31(38)15-10-18-37(43(4,40)41)28-13-8-9-14-30(28)42-3/h5-9,11-14,16-17,20,23,29H,10,15,18-19,21-22H2,1-4H3,(H,35,39)/t29-/m1/s1. The molecule has 2 amide bonds. The maximum Gasteiger partial charge on any atom is 0.243 e. The van der Waals surface area contributed by atoms with E-state index < -0.39 is 16.1 Å². The largest absolute Gasteiger partial charge is 0.495 e. The van der Waals surface area contributed by atoms with Crippen molar-refractivity contribution in [3.8, 4) is 5.75 Å². The lowest BCUT2D eigenvalue weighted by Crippen LogP contribution is -2.51. The summed E-state index contributed by atoms with van der Waals surface area (Å²) in [5.74, 6) is 0.0408. The first-order chi connectivity index (χ1) is 20.4. The average Bonchev–Trinajstić information content (AvgIpc) is 2.96.